The van der Waals surface area contributed by atoms with Crippen LogP contribution in [0.3, 0.4) is 0 Å². The van der Waals surface area contributed by atoms with E-state index in [9.17, 15) is 4.39 Å². The largest absolute Gasteiger partial charge is 0.348 e. The summed E-state index contributed by atoms with van der Waals surface area (Å²) in [4.78, 5) is 4.44. The van der Waals surface area contributed by atoms with Crippen LogP contribution < -0.4 is 0 Å². The molecule has 0 aliphatic carbocycles. The highest BCUT2D eigenvalue weighted by molar-refractivity contribution is 5.58. The van der Waals surface area contributed by atoms with Crippen molar-refractivity contribution in [3.63, 3.8) is 0 Å². The first-order chi connectivity index (χ1) is 11.3. The van der Waals surface area contributed by atoms with Crippen LogP contribution in [0.2, 0.25) is 0 Å². The first kappa shape index (κ1) is 16.1. The van der Waals surface area contributed by atoms with Crippen LogP contribution in [0, 0.1) is 11.7 Å². The molecule has 0 unspecified atom stereocenters. The standard InChI is InChI=1S/C19H22FNO2/c1-2-3-4-14-12-22-19(23-13-14)16-7-10-18(21-11-16)15-5-8-17(20)9-6-15/h5-11,14,19H,2-4,12-13H2,1H3. The molecule has 1 fully saturated rings. The highest BCUT2D eigenvalue weighted by atomic mass is 19.1. The lowest BCUT2D eigenvalue weighted by Gasteiger charge is -2.29. The van der Waals surface area contributed by atoms with Crippen LogP contribution in [-0.4, -0.2) is 18.2 Å². The summed E-state index contributed by atoms with van der Waals surface area (Å²) in [5.41, 5.74) is 2.62. The van der Waals surface area contributed by atoms with E-state index in [1.54, 1.807) is 18.3 Å². The molecule has 1 aliphatic heterocycles. The van der Waals surface area contributed by atoms with Gasteiger partial charge in [0.05, 0.1) is 18.9 Å². The van der Waals surface area contributed by atoms with Crippen molar-refractivity contribution < 1.29 is 13.9 Å². The van der Waals surface area contributed by atoms with Crippen LogP contribution in [0.1, 0.15) is 38.0 Å². The summed E-state index contributed by atoms with van der Waals surface area (Å²) in [5.74, 6) is 0.254. The number of hydrogen-bond donors (Lipinski definition) is 0. The van der Waals surface area contributed by atoms with E-state index in [0.29, 0.717) is 5.92 Å². The van der Waals surface area contributed by atoms with E-state index in [-0.39, 0.29) is 12.1 Å². The Morgan fingerprint density at radius 2 is 1.83 bits per heavy atom. The summed E-state index contributed by atoms with van der Waals surface area (Å²) in [5, 5.41) is 0. The maximum Gasteiger partial charge on any atom is 0.185 e. The quantitative estimate of drug-likeness (QED) is 0.798. The molecule has 23 heavy (non-hydrogen) atoms. The first-order valence-corrected chi connectivity index (χ1v) is 8.21. The average molecular weight is 315 g/mol. The Hall–Kier alpha value is -1.78. The van der Waals surface area contributed by atoms with E-state index in [4.69, 9.17) is 9.47 Å². The lowest BCUT2D eigenvalue weighted by atomic mass is 10.0. The molecular weight excluding hydrogens is 293 g/mol. The highest BCUT2D eigenvalue weighted by Gasteiger charge is 2.23. The molecule has 122 valence electrons. The molecule has 2 aromatic rings. The summed E-state index contributed by atoms with van der Waals surface area (Å²) in [6.45, 7) is 3.68. The molecule has 0 bridgehead atoms. The Morgan fingerprint density at radius 3 is 2.43 bits per heavy atom. The molecule has 0 radical (unpaired) electrons. The van der Waals surface area contributed by atoms with Gasteiger partial charge in [-0.3, -0.25) is 4.98 Å². The van der Waals surface area contributed by atoms with E-state index in [0.717, 1.165) is 36.5 Å². The van der Waals surface area contributed by atoms with E-state index in [2.05, 4.69) is 11.9 Å². The van der Waals surface area contributed by atoms with Crippen molar-refractivity contribution in [1.29, 1.82) is 0 Å². The topological polar surface area (TPSA) is 31.4 Å². The molecule has 1 aromatic carbocycles. The number of benzene rings is 1. The second-order valence-corrected chi connectivity index (χ2v) is 5.99. The smallest absolute Gasteiger partial charge is 0.185 e. The fourth-order valence-electron chi connectivity index (χ4n) is 2.73. The van der Waals surface area contributed by atoms with Gasteiger partial charge in [0.1, 0.15) is 5.82 Å². The van der Waals surface area contributed by atoms with Gasteiger partial charge in [0.2, 0.25) is 0 Å². The average Bonchev–Trinajstić information content (AvgIpc) is 2.61. The van der Waals surface area contributed by atoms with Gasteiger partial charge in [0.25, 0.3) is 0 Å². The van der Waals surface area contributed by atoms with Gasteiger partial charge in [0.15, 0.2) is 6.29 Å². The molecule has 4 heteroatoms. The number of rotatable bonds is 5. The van der Waals surface area contributed by atoms with Gasteiger partial charge >= 0.3 is 0 Å². The summed E-state index contributed by atoms with van der Waals surface area (Å²) in [6, 6.07) is 10.2. The molecule has 3 rings (SSSR count). The molecule has 1 aliphatic rings. The number of hydrogen-bond acceptors (Lipinski definition) is 3. The molecule has 3 nitrogen and oxygen atoms in total. The van der Waals surface area contributed by atoms with Crippen molar-refractivity contribution in [2.45, 2.75) is 32.5 Å². The maximum atomic E-state index is 13.0. The first-order valence-electron chi connectivity index (χ1n) is 8.21. The molecule has 0 N–H and O–H groups in total. The minimum atomic E-state index is -0.331. The van der Waals surface area contributed by atoms with Gasteiger partial charge in [-0.2, -0.15) is 0 Å². The SMILES string of the molecule is CCCCC1COC(c2ccc(-c3ccc(F)cc3)nc2)OC1. The Balaban J connectivity index is 1.61. The number of nitrogens with zero attached hydrogens (tertiary/aromatic N) is 1. The van der Waals surface area contributed by atoms with Crippen molar-refractivity contribution in [3.05, 3.63) is 54.0 Å². The predicted octanol–water partition coefficient (Wildman–Crippen LogP) is 4.74. The second kappa shape index (κ2) is 7.66. The molecular formula is C19H22FNO2. The van der Waals surface area contributed by atoms with Gasteiger partial charge < -0.3 is 9.47 Å². The normalized spacial score (nSPS) is 21.3. The Kier molecular flexibility index (Phi) is 5.36. The summed E-state index contributed by atoms with van der Waals surface area (Å²) < 4.78 is 24.6. The minimum absolute atomic E-state index is 0.244. The summed E-state index contributed by atoms with van der Waals surface area (Å²) in [6.07, 6.45) is 5.02. The van der Waals surface area contributed by atoms with Gasteiger partial charge in [-0.1, -0.05) is 25.8 Å². The lowest BCUT2D eigenvalue weighted by molar-refractivity contribution is -0.206. The monoisotopic (exact) mass is 315 g/mol. The molecule has 1 saturated heterocycles. The summed E-state index contributed by atoms with van der Waals surface area (Å²) >= 11 is 0. The fourth-order valence-corrected chi connectivity index (χ4v) is 2.73. The number of pyridine rings is 1. The zero-order valence-corrected chi connectivity index (χ0v) is 13.4. The van der Waals surface area contributed by atoms with E-state index in [1.807, 2.05) is 12.1 Å². The summed E-state index contributed by atoms with van der Waals surface area (Å²) in [7, 11) is 0. The van der Waals surface area contributed by atoms with E-state index >= 15 is 0 Å². The predicted molar refractivity (Wildman–Crippen MR) is 87.3 cm³/mol. The Morgan fingerprint density at radius 1 is 1.09 bits per heavy atom. The minimum Gasteiger partial charge on any atom is -0.348 e. The van der Waals surface area contributed by atoms with Crippen molar-refractivity contribution in [2.24, 2.45) is 5.92 Å². The Bertz CT molecular complexity index is 604. The van der Waals surface area contributed by atoms with Gasteiger partial charge in [0, 0.05) is 23.2 Å². The zero-order valence-electron chi connectivity index (χ0n) is 13.4. The molecule has 0 atom stereocenters. The van der Waals surface area contributed by atoms with Crippen LogP contribution in [0.5, 0.6) is 0 Å². The molecule has 1 aromatic heterocycles. The van der Waals surface area contributed by atoms with Gasteiger partial charge in [-0.25, -0.2) is 4.39 Å². The van der Waals surface area contributed by atoms with Crippen molar-refractivity contribution in [1.82, 2.24) is 4.98 Å². The second-order valence-electron chi connectivity index (χ2n) is 5.99. The van der Waals surface area contributed by atoms with Gasteiger partial charge in [-0.05, 0) is 36.8 Å². The molecule has 0 saturated carbocycles. The lowest BCUT2D eigenvalue weighted by Crippen LogP contribution is -2.27. The third-order valence-corrected chi connectivity index (χ3v) is 4.13. The van der Waals surface area contributed by atoms with Crippen LogP contribution in [-0.2, 0) is 9.47 Å². The number of ether oxygens (including phenoxy) is 2. The zero-order chi connectivity index (χ0) is 16.1. The van der Waals surface area contributed by atoms with Crippen LogP contribution in [0.25, 0.3) is 11.3 Å². The number of unbranched alkanes of at least 4 members (excludes halogenated alkanes) is 1. The molecule has 2 heterocycles. The van der Waals surface area contributed by atoms with Crippen LogP contribution in [0.4, 0.5) is 4.39 Å². The number of halogens is 1. The molecule has 0 amide bonds. The van der Waals surface area contributed by atoms with Crippen LogP contribution >= 0.6 is 0 Å². The van der Waals surface area contributed by atoms with Crippen LogP contribution in [0.15, 0.2) is 42.6 Å². The Labute approximate surface area is 136 Å². The van der Waals surface area contributed by atoms with Crippen molar-refractivity contribution in [2.75, 3.05) is 13.2 Å². The third-order valence-electron chi connectivity index (χ3n) is 4.13. The van der Waals surface area contributed by atoms with Gasteiger partial charge in [-0.15, -0.1) is 0 Å². The fraction of sp³-hybridized carbons (Fsp3) is 0.421. The maximum absolute atomic E-state index is 13.0. The molecule has 0 spiro atoms. The van der Waals surface area contributed by atoms with E-state index < -0.39 is 0 Å². The highest BCUT2D eigenvalue weighted by Crippen LogP contribution is 2.28. The van der Waals surface area contributed by atoms with Crippen molar-refractivity contribution >= 4 is 0 Å². The van der Waals surface area contributed by atoms with Crippen molar-refractivity contribution in [3.8, 4) is 11.3 Å². The van der Waals surface area contributed by atoms with E-state index in [1.165, 1.54) is 25.0 Å². The third kappa shape index (κ3) is 4.15. The number of aromatic nitrogens is 1.